The predicted octanol–water partition coefficient (Wildman–Crippen LogP) is 4.03. The Morgan fingerprint density at radius 1 is 1.20 bits per heavy atom. The van der Waals surface area contributed by atoms with E-state index in [9.17, 15) is 9.59 Å². The molecular formula is C19H27ClN2O2S. The molecule has 1 atom stereocenters. The molecule has 2 amide bonds. The van der Waals surface area contributed by atoms with Gasteiger partial charge in [-0.2, -0.15) is 11.8 Å². The van der Waals surface area contributed by atoms with E-state index in [0.717, 1.165) is 31.4 Å². The summed E-state index contributed by atoms with van der Waals surface area (Å²) in [5.74, 6) is 0.431. The maximum Gasteiger partial charge on any atom is 0.253 e. The molecule has 1 aromatic carbocycles. The lowest BCUT2D eigenvalue weighted by Gasteiger charge is -2.22. The molecule has 4 nitrogen and oxygen atoms in total. The number of amides is 2. The van der Waals surface area contributed by atoms with Gasteiger partial charge in [0.25, 0.3) is 5.91 Å². The van der Waals surface area contributed by atoms with Crippen molar-refractivity contribution in [3.63, 3.8) is 0 Å². The molecule has 0 spiro atoms. The normalized spacial score (nSPS) is 16.7. The first-order chi connectivity index (χ1) is 12.1. The van der Waals surface area contributed by atoms with Crippen molar-refractivity contribution in [2.75, 3.05) is 12.0 Å². The van der Waals surface area contributed by atoms with Crippen LogP contribution in [-0.2, 0) is 4.79 Å². The van der Waals surface area contributed by atoms with Crippen LogP contribution >= 0.6 is 23.4 Å². The molecule has 6 heteroatoms. The highest BCUT2D eigenvalue weighted by Crippen LogP contribution is 2.18. The van der Waals surface area contributed by atoms with E-state index < -0.39 is 6.04 Å². The molecule has 2 rings (SSSR count). The summed E-state index contributed by atoms with van der Waals surface area (Å²) in [5.41, 5.74) is 0.403. The lowest BCUT2D eigenvalue weighted by Crippen LogP contribution is -2.49. The van der Waals surface area contributed by atoms with Crippen LogP contribution in [0.25, 0.3) is 0 Å². The molecule has 0 aromatic heterocycles. The Morgan fingerprint density at radius 3 is 2.52 bits per heavy atom. The monoisotopic (exact) mass is 382 g/mol. The number of carbonyl (C=O) groups excluding carboxylic acids is 2. The number of halogens is 1. The van der Waals surface area contributed by atoms with Crippen LogP contribution in [0.2, 0.25) is 5.02 Å². The molecule has 1 aliphatic carbocycles. The van der Waals surface area contributed by atoms with E-state index in [0.29, 0.717) is 17.0 Å². The molecule has 1 aromatic rings. The molecule has 25 heavy (non-hydrogen) atoms. The van der Waals surface area contributed by atoms with Crippen molar-refractivity contribution in [2.45, 2.75) is 57.0 Å². The number of hydrogen-bond acceptors (Lipinski definition) is 3. The predicted molar refractivity (Wildman–Crippen MR) is 105 cm³/mol. The molecule has 0 heterocycles. The van der Waals surface area contributed by atoms with Crippen molar-refractivity contribution in [1.82, 2.24) is 10.6 Å². The Hall–Kier alpha value is -1.20. The first kappa shape index (κ1) is 20.1. The topological polar surface area (TPSA) is 58.2 Å². The summed E-state index contributed by atoms with van der Waals surface area (Å²) in [5, 5.41) is 6.40. The number of rotatable bonds is 7. The second-order valence-electron chi connectivity index (χ2n) is 6.48. The highest BCUT2D eigenvalue weighted by Gasteiger charge is 2.24. The van der Waals surface area contributed by atoms with Crippen LogP contribution < -0.4 is 10.6 Å². The van der Waals surface area contributed by atoms with E-state index in [1.54, 1.807) is 36.0 Å². The summed E-state index contributed by atoms with van der Waals surface area (Å²) in [7, 11) is 0. The Morgan fingerprint density at radius 2 is 1.88 bits per heavy atom. The van der Waals surface area contributed by atoms with Crippen molar-refractivity contribution in [2.24, 2.45) is 0 Å². The smallest absolute Gasteiger partial charge is 0.253 e. The number of nitrogens with one attached hydrogen (secondary N) is 2. The van der Waals surface area contributed by atoms with Gasteiger partial charge in [0.15, 0.2) is 0 Å². The fourth-order valence-electron chi connectivity index (χ4n) is 3.11. The molecule has 0 saturated heterocycles. The van der Waals surface area contributed by atoms with E-state index in [4.69, 9.17) is 11.6 Å². The van der Waals surface area contributed by atoms with Gasteiger partial charge < -0.3 is 10.6 Å². The van der Waals surface area contributed by atoms with Crippen LogP contribution in [0.15, 0.2) is 24.3 Å². The van der Waals surface area contributed by atoms with Crippen LogP contribution in [0.1, 0.15) is 55.3 Å². The lowest BCUT2D eigenvalue weighted by molar-refractivity contribution is -0.123. The first-order valence-corrected chi connectivity index (χ1v) is 10.7. The minimum atomic E-state index is -0.528. The standard InChI is InChI=1S/C19H27ClN2O2S/c1-25-13-12-17(19(24)21-14-8-4-2-3-5-9-14)22-18(23)15-10-6-7-11-16(15)20/h6-7,10-11,14,17H,2-5,8-9,12-13H2,1H3,(H,21,24)(H,22,23). The van der Waals surface area contributed by atoms with E-state index in [1.165, 1.54) is 12.8 Å². The third-order valence-corrected chi connectivity index (χ3v) is 5.53. The fourth-order valence-corrected chi connectivity index (χ4v) is 3.80. The van der Waals surface area contributed by atoms with Gasteiger partial charge in [-0.25, -0.2) is 0 Å². The summed E-state index contributed by atoms with van der Waals surface area (Å²) >= 11 is 7.76. The quantitative estimate of drug-likeness (QED) is 0.700. The van der Waals surface area contributed by atoms with Crippen molar-refractivity contribution in [1.29, 1.82) is 0 Å². The molecule has 1 saturated carbocycles. The molecule has 1 fully saturated rings. The average molecular weight is 383 g/mol. The molecular weight excluding hydrogens is 356 g/mol. The maximum absolute atomic E-state index is 12.7. The van der Waals surface area contributed by atoms with Gasteiger partial charge in [0.2, 0.25) is 5.91 Å². The first-order valence-electron chi connectivity index (χ1n) is 8.96. The van der Waals surface area contributed by atoms with Gasteiger partial charge in [0, 0.05) is 6.04 Å². The molecule has 1 unspecified atom stereocenters. The third-order valence-electron chi connectivity index (χ3n) is 4.55. The van der Waals surface area contributed by atoms with Crippen LogP contribution in [0.3, 0.4) is 0 Å². The van der Waals surface area contributed by atoms with E-state index in [-0.39, 0.29) is 17.9 Å². The average Bonchev–Trinajstić information content (AvgIpc) is 2.87. The largest absolute Gasteiger partial charge is 0.352 e. The van der Waals surface area contributed by atoms with Crippen molar-refractivity contribution in [3.05, 3.63) is 34.9 Å². The van der Waals surface area contributed by atoms with Crippen LogP contribution in [0.5, 0.6) is 0 Å². The summed E-state index contributed by atoms with van der Waals surface area (Å²) in [6.07, 6.45) is 9.46. The highest BCUT2D eigenvalue weighted by atomic mass is 35.5. The van der Waals surface area contributed by atoms with E-state index in [1.807, 2.05) is 6.26 Å². The SMILES string of the molecule is CSCCC(NC(=O)c1ccccc1Cl)C(=O)NC1CCCCCC1. The zero-order valence-electron chi connectivity index (χ0n) is 14.7. The number of thioether (sulfide) groups is 1. The van der Waals surface area contributed by atoms with Crippen molar-refractivity contribution in [3.8, 4) is 0 Å². The van der Waals surface area contributed by atoms with Crippen LogP contribution in [-0.4, -0.2) is 35.9 Å². The number of carbonyl (C=O) groups is 2. The zero-order valence-corrected chi connectivity index (χ0v) is 16.3. The van der Waals surface area contributed by atoms with Gasteiger partial charge in [-0.1, -0.05) is 49.4 Å². The minimum absolute atomic E-state index is 0.0821. The van der Waals surface area contributed by atoms with E-state index >= 15 is 0 Å². The summed E-state index contributed by atoms with van der Waals surface area (Å²) < 4.78 is 0. The van der Waals surface area contributed by atoms with Gasteiger partial charge >= 0.3 is 0 Å². The summed E-state index contributed by atoms with van der Waals surface area (Å²) in [6, 6.07) is 6.60. The van der Waals surface area contributed by atoms with Gasteiger partial charge in [-0.3, -0.25) is 9.59 Å². The second kappa shape index (κ2) is 10.7. The Bertz CT molecular complexity index is 574. The van der Waals surface area contributed by atoms with E-state index in [2.05, 4.69) is 10.6 Å². The molecule has 2 N–H and O–H groups in total. The van der Waals surface area contributed by atoms with Crippen molar-refractivity contribution < 1.29 is 9.59 Å². The Kier molecular flexibility index (Phi) is 8.62. The molecule has 138 valence electrons. The number of benzene rings is 1. The number of hydrogen-bond donors (Lipinski definition) is 2. The van der Waals surface area contributed by atoms with Gasteiger partial charge in [0.1, 0.15) is 6.04 Å². The van der Waals surface area contributed by atoms with Gasteiger partial charge in [0.05, 0.1) is 10.6 Å². The second-order valence-corrected chi connectivity index (χ2v) is 7.88. The fraction of sp³-hybridized carbons (Fsp3) is 0.579. The maximum atomic E-state index is 12.7. The zero-order chi connectivity index (χ0) is 18.1. The highest BCUT2D eigenvalue weighted by molar-refractivity contribution is 7.98. The minimum Gasteiger partial charge on any atom is -0.352 e. The van der Waals surface area contributed by atoms with Crippen molar-refractivity contribution >= 4 is 35.2 Å². The summed E-state index contributed by atoms with van der Waals surface area (Å²) in [4.78, 5) is 25.2. The summed E-state index contributed by atoms with van der Waals surface area (Å²) in [6.45, 7) is 0. The van der Waals surface area contributed by atoms with Crippen LogP contribution in [0, 0.1) is 0 Å². The van der Waals surface area contributed by atoms with Gasteiger partial charge in [-0.05, 0) is 43.4 Å². The Labute approximate surface area is 159 Å². The molecule has 0 bridgehead atoms. The molecule has 1 aliphatic rings. The lowest BCUT2D eigenvalue weighted by atomic mass is 10.1. The third kappa shape index (κ3) is 6.55. The molecule has 0 aliphatic heterocycles. The van der Waals surface area contributed by atoms with Gasteiger partial charge in [-0.15, -0.1) is 0 Å². The van der Waals surface area contributed by atoms with Crippen LogP contribution in [0.4, 0.5) is 0 Å². The Balaban J connectivity index is 2.00. The molecule has 0 radical (unpaired) electrons.